The molecular formula is C17H14ClN5O2. The Hall–Kier alpha value is -2.77. The highest BCUT2D eigenvalue weighted by atomic mass is 35.5. The van der Waals surface area contributed by atoms with E-state index in [0.29, 0.717) is 22.8 Å². The van der Waals surface area contributed by atoms with Crippen LogP contribution in [0.1, 0.15) is 17.0 Å². The molecule has 1 atom stereocenters. The number of amides is 1. The number of carbonyl (C=O) groups excluding carboxylic acids is 1. The molecule has 2 N–H and O–H groups in total. The van der Waals surface area contributed by atoms with Crippen LogP contribution in [0.4, 0.5) is 5.69 Å². The van der Waals surface area contributed by atoms with Crippen LogP contribution in [0.3, 0.4) is 0 Å². The summed E-state index contributed by atoms with van der Waals surface area (Å²) in [5.74, 6) is -0.179. The van der Waals surface area contributed by atoms with Gasteiger partial charge >= 0.3 is 0 Å². The van der Waals surface area contributed by atoms with Gasteiger partial charge in [0.25, 0.3) is 5.91 Å². The van der Waals surface area contributed by atoms with E-state index in [2.05, 4.69) is 20.6 Å². The summed E-state index contributed by atoms with van der Waals surface area (Å²) in [4.78, 5) is 14.6. The number of hydrogen-bond acceptors (Lipinski definition) is 5. The number of aromatic amines is 1. The van der Waals surface area contributed by atoms with Gasteiger partial charge in [-0.1, -0.05) is 47.1 Å². The third-order valence-corrected chi connectivity index (χ3v) is 4.52. The van der Waals surface area contributed by atoms with Gasteiger partial charge < -0.3 is 10.0 Å². The Morgan fingerprint density at radius 3 is 2.72 bits per heavy atom. The van der Waals surface area contributed by atoms with E-state index < -0.39 is 11.5 Å². The lowest BCUT2D eigenvalue weighted by Gasteiger charge is -2.22. The SMILES string of the molecule is O=C1N(Cc2ccccc2)c2ccc(Cl)cc2C1(O)Cc1nn[nH]n1. The summed E-state index contributed by atoms with van der Waals surface area (Å²) >= 11 is 6.10. The summed E-state index contributed by atoms with van der Waals surface area (Å²) in [5.41, 5.74) is 0.259. The van der Waals surface area contributed by atoms with E-state index in [9.17, 15) is 9.90 Å². The Morgan fingerprint density at radius 2 is 2.00 bits per heavy atom. The maximum absolute atomic E-state index is 13.1. The lowest BCUT2D eigenvalue weighted by Crippen LogP contribution is -2.41. The van der Waals surface area contributed by atoms with Crippen LogP contribution in [0.25, 0.3) is 0 Å². The number of rotatable bonds is 4. The second-order valence-corrected chi connectivity index (χ2v) is 6.34. The van der Waals surface area contributed by atoms with E-state index in [1.165, 1.54) is 0 Å². The number of nitrogens with one attached hydrogen (secondary N) is 1. The number of aromatic nitrogens is 4. The van der Waals surface area contributed by atoms with E-state index in [4.69, 9.17) is 11.6 Å². The Kier molecular flexibility index (Phi) is 3.74. The third-order valence-electron chi connectivity index (χ3n) is 4.28. The van der Waals surface area contributed by atoms with Crippen molar-refractivity contribution in [3.63, 3.8) is 0 Å². The molecule has 7 nitrogen and oxygen atoms in total. The molecule has 8 heteroatoms. The molecule has 1 unspecified atom stereocenters. The fraction of sp³-hybridized carbons (Fsp3) is 0.176. The largest absolute Gasteiger partial charge is 0.375 e. The van der Waals surface area contributed by atoms with Crippen molar-refractivity contribution in [2.24, 2.45) is 0 Å². The molecule has 1 aromatic heterocycles. The molecule has 0 saturated heterocycles. The minimum absolute atomic E-state index is 0.0824. The maximum Gasteiger partial charge on any atom is 0.264 e. The summed E-state index contributed by atoms with van der Waals surface area (Å²) < 4.78 is 0. The van der Waals surface area contributed by atoms with Gasteiger partial charge in [0.05, 0.1) is 18.7 Å². The zero-order valence-corrected chi connectivity index (χ0v) is 13.8. The van der Waals surface area contributed by atoms with Crippen LogP contribution in [0.2, 0.25) is 5.02 Å². The van der Waals surface area contributed by atoms with E-state index in [-0.39, 0.29) is 12.2 Å². The first-order valence-corrected chi connectivity index (χ1v) is 8.06. The van der Waals surface area contributed by atoms with Crippen molar-refractivity contribution < 1.29 is 9.90 Å². The molecule has 1 aliphatic rings. The van der Waals surface area contributed by atoms with Gasteiger partial charge in [-0.2, -0.15) is 5.21 Å². The van der Waals surface area contributed by atoms with Crippen molar-refractivity contribution in [3.8, 4) is 0 Å². The van der Waals surface area contributed by atoms with Gasteiger partial charge in [-0.25, -0.2) is 0 Å². The van der Waals surface area contributed by atoms with Crippen LogP contribution >= 0.6 is 11.6 Å². The number of anilines is 1. The minimum atomic E-state index is -1.78. The average Bonchev–Trinajstić information content (AvgIpc) is 3.18. The number of fused-ring (bicyclic) bond motifs is 1. The van der Waals surface area contributed by atoms with Crippen molar-refractivity contribution >= 4 is 23.2 Å². The van der Waals surface area contributed by atoms with E-state index >= 15 is 0 Å². The molecule has 126 valence electrons. The van der Waals surface area contributed by atoms with Gasteiger partial charge in [-0.15, -0.1) is 10.2 Å². The van der Waals surface area contributed by atoms with Crippen molar-refractivity contribution in [1.29, 1.82) is 0 Å². The number of nitrogens with zero attached hydrogens (tertiary/aromatic N) is 4. The van der Waals surface area contributed by atoms with Crippen molar-refractivity contribution in [3.05, 3.63) is 70.5 Å². The average molecular weight is 356 g/mol. The molecule has 0 radical (unpaired) electrons. The molecule has 2 heterocycles. The highest BCUT2D eigenvalue weighted by Crippen LogP contribution is 2.43. The van der Waals surface area contributed by atoms with Crippen molar-refractivity contribution in [2.75, 3.05) is 4.90 Å². The van der Waals surface area contributed by atoms with E-state index in [0.717, 1.165) is 5.56 Å². The van der Waals surface area contributed by atoms with Gasteiger partial charge in [0.1, 0.15) is 0 Å². The van der Waals surface area contributed by atoms with E-state index in [1.807, 2.05) is 30.3 Å². The first-order chi connectivity index (χ1) is 12.1. The molecule has 0 fully saturated rings. The zero-order valence-electron chi connectivity index (χ0n) is 13.1. The van der Waals surface area contributed by atoms with Crippen LogP contribution in [-0.4, -0.2) is 31.6 Å². The summed E-state index contributed by atoms with van der Waals surface area (Å²) in [6.07, 6.45) is -0.0824. The Balaban J connectivity index is 1.77. The number of H-pyrrole nitrogens is 1. The standard InChI is InChI=1S/C17H14ClN5O2/c18-12-6-7-14-13(8-12)17(25,9-15-19-21-22-20-15)16(24)23(14)10-11-4-2-1-3-5-11/h1-8,25H,9-10H2,(H,19,20,21,22). The normalized spacial score (nSPS) is 19.3. The lowest BCUT2D eigenvalue weighted by atomic mass is 9.91. The summed E-state index contributed by atoms with van der Waals surface area (Å²) in [7, 11) is 0. The molecule has 3 aromatic rings. The Labute approximate surface area is 148 Å². The van der Waals surface area contributed by atoms with E-state index in [1.54, 1.807) is 23.1 Å². The zero-order chi connectivity index (χ0) is 17.4. The summed E-state index contributed by atoms with van der Waals surface area (Å²) in [6, 6.07) is 14.6. The molecule has 0 saturated carbocycles. The Morgan fingerprint density at radius 1 is 1.20 bits per heavy atom. The summed E-state index contributed by atoms with van der Waals surface area (Å²) in [6.45, 7) is 0.350. The van der Waals surface area contributed by atoms with Gasteiger partial charge in [-0.05, 0) is 23.8 Å². The van der Waals surface area contributed by atoms with Gasteiger partial charge in [-0.3, -0.25) is 4.79 Å². The Bertz CT molecular complexity index is 916. The van der Waals surface area contributed by atoms with Gasteiger partial charge in [0.15, 0.2) is 11.4 Å². The number of halogens is 1. The van der Waals surface area contributed by atoms with Gasteiger partial charge in [0, 0.05) is 10.6 Å². The van der Waals surface area contributed by atoms with Crippen LogP contribution in [-0.2, 0) is 23.4 Å². The quantitative estimate of drug-likeness (QED) is 0.744. The maximum atomic E-state index is 13.1. The number of hydrogen-bond donors (Lipinski definition) is 2. The van der Waals surface area contributed by atoms with Crippen LogP contribution < -0.4 is 4.90 Å². The second kappa shape index (κ2) is 5.94. The molecular weight excluding hydrogens is 342 g/mol. The number of aliphatic hydroxyl groups is 1. The predicted molar refractivity (Wildman–Crippen MR) is 90.9 cm³/mol. The molecule has 1 amide bonds. The lowest BCUT2D eigenvalue weighted by molar-refractivity contribution is -0.136. The van der Waals surface area contributed by atoms with Crippen LogP contribution in [0.15, 0.2) is 48.5 Å². The summed E-state index contributed by atoms with van der Waals surface area (Å²) in [5, 5.41) is 25.1. The minimum Gasteiger partial charge on any atom is -0.375 e. The molecule has 0 spiro atoms. The molecule has 4 rings (SSSR count). The molecule has 0 aliphatic carbocycles. The molecule has 2 aromatic carbocycles. The highest BCUT2D eigenvalue weighted by Gasteiger charge is 2.50. The van der Waals surface area contributed by atoms with Crippen molar-refractivity contribution in [1.82, 2.24) is 20.6 Å². The predicted octanol–water partition coefficient (Wildman–Crippen LogP) is 1.83. The first-order valence-electron chi connectivity index (χ1n) is 7.68. The molecule has 25 heavy (non-hydrogen) atoms. The van der Waals surface area contributed by atoms with Crippen molar-refractivity contribution in [2.45, 2.75) is 18.6 Å². The van der Waals surface area contributed by atoms with Crippen LogP contribution in [0, 0.1) is 0 Å². The smallest absolute Gasteiger partial charge is 0.264 e. The molecule has 1 aliphatic heterocycles. The fourth-order valence-electron chi connectivity index (χ4n) is 3.10. The number of benzene rings is 2. The monoisotopic (exact) mass is 355 g/mol. The molecule has 0 bridgehead atoms. The number of tetrazole rings is 1. The number of carbonyl (C=O) groups is 1. The van der Waals surface area contributed by atoms with Gasteiger partial charge in [0.2, 0.25) is 0 Å². The fourth-order valence-corrected chi connectivity index (χ4v) is 3.27. The highest BCUT2D eigenvalue weighted by molar-refractivity contribution is 6.31. The van der Waals surface area contributed by atoms with Crippen LogP contribution in [0.5, 0.6) is 0 Å². The first kappa shape index (κ1) is 15.7. The second-order valence-electron chi connectivity index (χ2n) is 5.90. The topological polar surface area (TPSA) is 95.0 Å². The third kappa shape index (κ3) is 2.67.